The zero-order chi connectivity index (χ0) is 12.2. The monoisotopic (exact) mass is 242 g/mol. The van der Waals surface area contributed by atoms with Crippen molar-refractivity contribution in [3.05, 3.63) is 23.5 Å². The highest BCUT2D eigenvalue weighted by atomic mass is 35.5. The molecule has 0 aromatic carbocycles. The molecule has 1 N–H and O–H groups in total. The van der Waals surface area contributed by atoms with Gasteiger partial charge in [0.15, 0.2) is 6.61 Å². The number of hydrogen-bond acceptors (Lipinski definition) is 3. The van der Waals surface area contributed by atoms with Crippen LogP contribution in [0, 0.1) is 0 Å². The highest BCUT2D eigenvalue weighted by Crippen LogP contribution is 2.11. The van der Waals surface area contributed by atoms with Crippen LogP contribution in [0.4, 0.5) is 0 Å². The molecule has 0 spiro atoms. The van der Waals surface area contributed by atoms with Crippen molar-refractivity contribution in [2.75, 3.05) is 6.61 Å². The Kier molecular flexibility index (Phi) is 4.12. The van der Waals surface area contributed by atoms with Gasteiger partial charge in [-0.15, -0.1) is 0 Å². The fraction of sp³-hybridized carbons (Fsp3) is 0.455. The largest absolute Gasteiger partial charge is 0.482 e. The predicted octanol–water partition coefficient (Wildman–Crippen LogP) is 2.03. The number of halogens is 1. The van der Waals surface area contributed by atoms with E-state index in [0.717, 1.165) is 0 Å². The average molecular weight is 243 g/mol. The Balaban J connectivity index is 2.40. The van der Waals surface area contributed by atoms with Gasteiger partial charge in [-0.25, -0.2) is 4.98 Å². The molecule has 5 heteroatoms. The Hall–Kier alpha value is -1.29. The van der Waals surface area contributed by atoms with E-state index in [-0.39, 0.29) is 18.1 Å². The molecule has 1 amide bonds. The lowest BCUT2D eigenvalue weighted by Crippen LogP contribution is -2.43. The molecule has 1 heterocycles. The van der Waals surface area contributed by atoms with Gasteiger partial charge in [0.2, 0.25) is 0 Å². The lowest BCUT2D eigenvalue weighted by Gasteiger charge is -2.20. The summed E-state index contributed by atoms with van der Waals surface area (Å²) in [5.74, 6) is 0.357. The number of amides is 1. The Morgan fingerprint density at radius 1 is 1.50 bits per heavy atom. The molecule has 0 saturated carbocycles. The molecular weight excluding hydrogens is 228 g/mol. The van der Waals surface area contributed by atoms with Crippen LogP contribution >= 0.6 is 11.6 Å². The number of nitrogens with zero attached hydrogens (tertiary/aromatic N) is 1. The summed E-state index contributed by atoms with van der Waals surface area (Å²) in [6.45, 7) is 5.71. The van der Waals surface area contributed by atoms with Crippen LogP contribution in [-0.2, 0) is 4.79 Å². The Morgan fingerprint density at radius 2 is 2.19 bits per heavy atom. The summed E-state index contributed by atoms with van der Waals surface area (Å²) in [6, 6.07) is 3.28. The summed E-state index contributed by atoms with van der Waals surface area (Å²) >= 11 is 5.62. The summed E-state index contributed by atoms with van der Waals surface area (Å²) in [4.78, 5) is 15.3. The van der Waals surface area contributed by atoms with Crippen molar-refractivity contribution >= 4 is 17.5 Å². The Bertz CT molecular complexity index is 357. The zero-order valence-corrected chi connectivity index (χ0v) is 10.3. The normalized spacial score (nSPS) is 11.0. The van der Waals surface area contributed by atoms with Crippen LogP contribution in [0.3, 0.4) is 0 Å². The minimum atomic E-state index is -0.251. The number of carbonyl (C=O) groups excluding carboxylic acids is 1. The molecule has 0 aliphatic carbocycles. The molecule has 16 heavy (non-hydrogen) atoms. The standard InChI is InChI=1S/C11H15ClN2O2/c1-11(2,3)14-10(15)7-16-8-4-5-9(12)13-6-8/h4-6H,7H2,1-3H3,(H,14,15). The van der Waals surface area contributed by atoms with Gasteiger partial charge in [0.1, 0.15) is 10.9 Å². The highest BCUT2D eigenvalue weighted by molar-refractivity contribution is 6.29. The zero-order valence-electron chi connectivity index (χ0n) is 9.58. The number of hydrogen-bond donors (Lipinski definition) is 1. The Morgan fingerprint density at radius 3 is 2.69 bits per heavy atom. The topological polar surface area (TPSA) is 51.2 Å². The maximum Gasteiger partial charge on any atom is 0.258 e. The van der Waals surface area contributed by atoms with Crippen LogP contribution in [0.1, 0.15) is 20.8 Å². The first-order chi connectivity index (χ1) is 7.37. The maximum absolute atomic E-state index is 11.4. The van der Waals surface area contributed by atoms with Gasteiger partial charge in [-0.1, -0.05) is 11.6 Å². The lowest BCUT2D eigenvalue weighted by atomic mass is 10.1. The molecule has 0 radical (unpaired) electrons. The number of carbonyl (C=O) groups is 1. The lowest BCUT2D eigenvalue weighted by molar-refractivity contribution is -0.124. The first kappa shape index (κ1) is 12.8. The molecule has 0 bridgehead atoms. The second-order valence-electron chi connectivity index (χ2n) is 4.40. The van der Waals surface area contributed by atoms with Crippen molar-refractivity contribution in [1.29, 1.82) is 0 Å². The number of pyridine rings is 1. The molecule has 1 aromatic rings. The van der Waals surface area contributed by atoms with E-state index in [4.69, 9.17) is 16.3 Å². The molecular formula is C11H15ClN2O2. The van der Waals surface area contributed by atoms with E-state index in [2.05, 4.69) is 10.3 Å². The van der Waals surface area contributed by atoms with Crippen LogP contribution in [0.2, 0.25) is 5.15 Å². The summed E-state index contributed by atoms with van der Waals surface area (Å²) in [6.07, 6.45) is 1.48. The van der Waals surface area contributed by atoms with Crippen LogP contribution in [0.15, 0.2) is 18.3 Å². The molecule has 0 atom stereocenters. The number of rotatable bonds is 3. The second kappa shape index (κ2) is 5.16. The first-order valence-corrected chi connectivity index (χ1v) is 5.30. The smallest absolute Gasteiger partial charge is 0.258 e. The molecule has 88 valence electrons. The third-order valence-electron chi connectivity index (χ3n) is 1.58. The molecule has 0 fully saturated rings. The minimum Gasteiger partial charge on any atom is -0.482 e. The number of nitrogens with one attached hydrogen (secondary N) is 1. The molecule has 0 saturated heterocycles. The van der Waals surface area contributed by atoms with Crippen molar-refractivity contribution in [2.45, 2.75) is 26.3 Å². The van der Waals surface area contributed by atoms with E-state index >= 15 is 0 Å². The Labute approximate surface area is 100.0 Å². The van der Waals surface area contributed by atoms with Crippen molar-refractivity contribution in [2.24, 2.45) is 0 Å². The highest BCUT2D eigenvalue weighted by Gasteiger charge is 2.13. The fourth-order valence-corrected chi connectivity index (χ4v) is 1.16. The number of aromatic nitrogens is 1. The molecule has 1 aromatic heterocycles. The van der Waals surface area contributed by atoms with Gasteiger partial charge in [-0.3, -0.25) is 4.79 Å². The molecule has 1 rings (SSSR count). The van der Waals surface area contributed by atoms with Gasteiger partial charge in [0, 0.05) is 5.54 Å². The van der Waals surface area contributed by atoms with E-state index in [1.54, 1.807) is 12.1 Å². The molecule has 4 nitrogen and oxygen atoms in total. The summed E-state index contributed by atoms with van der Waals surface area (Å²) in [5.41, 5.74) is -0.251. The van der Waals surface area contributed by atoms with Crippen molar-refractivity contribution in [3.63, 3.8) is 0 Å². The first-order valence-electron chi connectivity index (χ1n) is 4.92. The van der Waals surface area contributed by atoms with Gasteiger partial charge in [-0.05, 0) is 32.9 Å². The maximum atomic E-state index is 11.4. The fourth-order valence-electron chi connectivity index (χ4n) is 1.05. The van der Waals surface area contributed by atoms with Gasteiger partial charge in [0.05, 0.1) is 6.20 Å². The van der Waals surface area contributed by atoms with Gasteiger partial charge in [-0.2, -0.15) is 0 Å². The van der Waals surface area contributed by atoms with E-state index in [1.807, 2.05) is 20.8 Å². The van der Waals surface area contributed by atoms with Gasteiger partial charge in [0.25, 0.3) is 5.91 Å². The van der Waals surface area contributed by atoms with Gasteiger partial charge >= 0.3 is 0 Å². The SMILES string of the molecule is CC(C)(C)NC(=O)COc1ccc(Cl)nc1. The average Bonchev–Trinajstić information content (AvgIpc) is 2.14. The predicted molar refractivity (Wildman–Crippen MR) is 62.6 cm³/mol. The third-order valence-corrected chi connectivity index (χ3v) is 1.81. The van der Waals surface area contributed by atoms with Crippen LogP contribution in [-0.4, -0.2) is 23.0 Å². The summed E-state index contributed by atoms with van der Waals surface area (Å²) < 4.78 is 5.24. The molecule has 0 aliphatic rings. The molecule has 0 unspecified atom stereocenters. The van der Waals surface area contributed by atoms with Crippen LogP contribution in [0.25, 0.3) is 0 Å². The van der Waals surface area contributed by atoms with Crippen molar-refractivity contribution in [1.82, 2.24) is 10.3 Å². The minimum absolute atomic E-state index is 0.0272. The van der Waals surface area contributed by atoms with Crippen LogP contribution in [0.5, 0.6) is 5.75 Å². The number of ether oxygens (including phenoxy) is 1. The van der Waals surface area contributed by atoms with Crippen molar-refractivity contribution in [3.8, 4) is 5.75 Å². The van der Waals surface area contributed by atoms with Gasteiger partial charge < -0.3 is 10.1 Å². The van der Waals surface area contributed by atoms with E-state index < -0.39 is 0 Å². The third kappa shape index (κ3) is 4.98. The van der Waals surface area contributed by atoms with E-state index in [9.17, 15) is 4.79 Å². The van der Waals surface area contributed by atoms with Crippen LogP contribution < -0.4 is 10.1 Å². The second-order valence-corrected chi connectivity index (χ2v) is 4.79. The van der Waals surface area contributed by atoms with E-state index in [0.29, 0.717) is 10.9 Å². The molecule has 0 aliphatic heterocycles. The quantitative estimate of drug-likeness (QED) is 0.826. The summed E-state index contributed by atoms with van der Waals surface area (Å²) in [7, 11) is 0. The summed E-state index contributed by atoms with van der Waals surface area (Å²) in [5, 5.41) is 3.19. The van der Waals surface area contributed by atoms with E-state index in [1.165, 1.54) is 6.20 Å². The van der Waals surface area contributed by atoms with Crippen molar-refractivity contribution < 1.29 is 9.53 Å².